The number of benzene rings is 1. The van der Waals surface area contributed by atoms with Gasteiger partial charge in [0.1, 0.15) is 5.82 Å². The van der Waals surface area contributed by atoms with Gasteiger partial charge in [0.15, 0.2) is 0 Å². The van der Waals surface area contributed by atoms with Crippen LogP contribution in [-0.4, -0.2) is 39.9 Å². The van der Waals surface area contributed by atoms with Gasteiger partial charge in [0.2, 0.25) is 10.0 Å². The van der Waals surface area contributed by atoms with E-state index in [1.54, 1.807) is 25.3 Å². The van der Waals surface area contributed by atoms with Gasteiger partial charge in [0, 0.05) is 38.9 Å². The van der Waals surface area contributed by atoms with Crippen molar-refractivity contribution in [2.75, 3.05) is 25.5 Å². The number of aromatic nitrogens is 1. The number of hydrogen-bond donors (Lipinski definition) is 2. The number of nitrogens with zero attached hydrogens (tertiary/aromatic N) is 2. The number of nitrogens with one attached hydrogen (secondary N) is 2. The molecule has 2 rings (SSSR count). The molecule has 2 N–H and O–H groups in total. The van der Waals surface area contributed by atoms with Crippen molar-refractivity contribution in [3.05, 3.63) is 53.7 Å². The molecule has 0 atom stereocenters. The van der Waals surface area contributed by atoms with Gasteiger partial charge in [-0.1, -0.05) is 19.1 Å². The number of amides is 1. The molecule has 0 saturated carbocycles. The Hall–Kier alpha value is -2.45. The van der Waals surface area contributed by atoms with E-state index in [1.807, 2.05) is 31.1 Å². The molecule has 0 aliphatic rings. The first-order valence-electron chi connectivity index (χ1n) is 7.83. The maximum atomic E-state index is 12.3. The summed E-state index contributed by atoms with van der Waals surface area (Å²) in [6.07, 6.45) is 1.70. The quantitative estimate of drug-likeness (QED) is 0.776. The van der Waals surface area contributed by atoms with Gasteiger partial charge in [0.25, 0.3) is 5.91 Å². The average molecular weight is 362 g/mol. The molecule has 0 unspecified atom stereocenters. The summed E-state index contributed by atoms with van der Waals surface area (Å²) < 4.78 is 26.4. The normalized spacial score (nSPS) is 11.2. The lowest BCUT2D eigenvalue weighted by atomic mass is 10.2. The lowest BCUT2D eigenvalue weighted by Gasteiger charge is -2.12. The summed E-state index contributed by atoms with van der Waals surface area (Å²) in [5.74, 6) is 0.488. The summed E-state index contributed by atoms with van der Waals surface area (Å²) in [6, 6.07) is 9.69. The topological polar surface area (TPSA) is 91.4 Å². The Kier molecular flexibility index (Phi) is 6.11. The molecule has 8 heteroatoms. The van der Waals surface area contributed by atoms with E-state index in [0.29, 0.717) is 6.54 Å². The van der Waals surface area contributed by atoms with Gasteiger partial charge >= 0.3 is 0 Å². The van der Waals surface area contributed by atoms with Crippen molar-refractivity contribution in [1.82, 2.24) is 15.0 Å². The molecular formula is C17H22N4O3S. The van der Waals surface area contributed by atoms with E-state index in [9.17, 15) is 13.2 Å². The van der Waals surface area contributed by atoms with Crippen LogP contribution in [0.4, 0.5) is 5.82 Å². The minimum atomic E-state index is -3.59. The average Bonchev–Trinajstić information content (AvgIpc) is 2.60. The maximum Gasteiger partial charge on any atom is 0.251 e. The molecule has 0 fully saturated rings. The fraction of sp³-hybridized carbons (Fsp3) is 0.294. The molecule has 0 radical (unpaired) electrons. The number of sulfonamides is 1. The molecule has 134 valence electrons. The highest BCUT2D eigenvalue weighted by atomic mass is 32.2. The van der Waals surface area contributed by atoms with Crippen LogP contribution in [0.15, 0.2) is 47.5 Å². The number of hydrogen-bond acceptors (Lipinski definition) is 5. The lowest BCUT2D eigenvalue weighted by Crippen LogP contribution is -2.25. The zero-order valence-corrected chi connectivity index (χ0v) is 15.3. The minimum absolute atomic E-state index is 0.0685. The van der Waals surface area contributed by atoms with E-state index < -0.39 is 10.0 Å². The molecule has 1 aromatic carbocycles. The van der Waals surface area contributed by atoms with Gasteiger partial charge in [-0.3, -0.25) is 4.79 Å². The first-order chi connectivity index (χ1) is 11.8. The summed E-state index contributed by atoms with van der Waals surface area (Å²) >= 11 is 0. The maximum absolute atomic E-state index is 12.3. The number of rotatable bonds is 7. The molecule has 2 aromatic rings. The van der Waals surface area contributed by atoms with Crippen LogP contribution >= 0.6 is 0 Å². The third-order valence-electron chi connectivity index (χ3n) is 3.46. The van der Waals surface area contributed by atoms with Gasteiger partial charge in [-0.2, -0.15) is 0 Å². The van der Waals surface area contributed by atoms with Crippen molar-refractivity contribution in [3.8, 4) is 0 Å². The Balaban J connectivity index is 2.06. The SMILES string of the molecule is CCNS(=O)(=O)c1cccc(C(=O)NCc2ccc(N(C)C)nc2)c1. The molecule has 1 heterocycles. The summed E-state index contributed by atoms with van der Waals surface area (Å²) in [7, 11) is 0.211. The lowest BCUT2D eigenvalue weighted by molar-refractivity contribution is 0.0950. The third-order valence-corrected chi connectivity index (χ3v) is 5.00. The monoisotopic (exact) mass is 362 g/mol. The second-order valence-electron chi connectivity index (χ2n) is 5.63. The summed E-state index contributed by atoms with van der Waals surface area (Å²) in [6.45, 7) is 2.29. The molecular weight excluding hydrogens is 340 g/mol. The van der Waals surface area contributed by atoms with Crippen LogP contribution in [0.3, 0.4) is 0 Å². The Morgan fingerprint density at radius 2 is 1.96 bits per heavy atom. The molecule has 0 saturated heterocycles. The van der Waals surface area contributed by atoms with Crippen LogP contribution in [0.25, 0.3) is 0 Å². The predicted molar refractivity (Wildman–Crippen MR) is 97.0 cm³/mol. The number of anilines is 1. The molecule has 0 aliphatic heterocycles. The Bertz CT molecular complexity index is 833. The van der Waals surface area contributed by atoms with Crippen molar-refractivity contribution in [2.24, 2.45) is 0 Å². The van der Waals surface area contributed by atoms with Crippen LogP contribution in [-0.2, 0) is 16.6 Å². The Morgan fingerprint density at radius 3 is 2.56 bits per heavy atom. The largest absolute Gasteiger partial charge is 0.363 e. The Morgan fingerprint density at radius 1 is 1.20 bits per heavy atom. The van der Waals surface area contributed by atoms with Crippen LogP contribution in [0.1, 0.15) is 22.8 Å². The van der Waals surface area contributed by atoms with E-state index in [0.717, 1.165) is 11.4 Å². The smallest absolute Gasteiger partial charge is 0.251 e. The molecule has 1 aromatic heterocycles. The van der Waals surface area contributed by atoms with E-state index in [-0.39, 0.29) is 22.9 Å². The molecule has 25 heavy (non-hydrogen) atoms. The van der Waals surface area contributed by atoms with Crippen molar-refractivity contribution in [1.29, 1.82) is 0 Å². The Labute approximate surface area is 148 Å². The highest BCUT2D eigenvalue weighted by Crippen LogP contribution is 2.12. The van der Waals surface area contributed by atoms with Crippen LogP contribution in [0.2, 0.25) is 0 Å². The van der Waals surface area contributed by atoms with Crippen molar-refractivity contribution in [2.45, 2.75) is 18.4 Å². The standard InChI is InChI=1S/C17H22N4O3S/c1-4-20-25(23,24)15-7-5-6-14(10-15)17(22)19-12-13-8-9-16(18-11-13)21(2)3/h5-11,20H,4,12H2,1-3H3,(H,19,22). The van der Waals surface area contributed by atoms with Crippen molar-refractivity contribution < 1.29 is 13.2 Å². The molecule has 7 nitrogen and oxygen atoms in total. The number of pyridine rings is 1. The number of carbonyl (C=O) groups is 1. The molecule has 0 bridgehead atoms. The van der Waals surface area contributed by atoms with Gasteiger partial charge in [-0.15, -0.1) is 0 Å². The van der Waals surface area contributed by atoms with Crippen LogP contribution < -0.4 is 14.9 Å². The van der Waals surface area contributed by atoms with Crippen molar-refractivity contribution >= 4 is 21.7 Å². The van der Waals surface area contributed by atoms with E-state index >= 15 is 0 Å². The summed E-state index contributed by atoms with van der Waals surface area (Å²) in [4.78, 5) is 18.5. The van der Waals surface area contributed by atoms with Crippen LogP contribution in [0, 0.1) is 0 Å². The molecule has 0 spiro atoms. The zero-order valence-electron chi connectivity index (χ0n) is 14.5. The van der Waals surface area contributed by atoms with Gasteiger partial charge in [-0.05, 0) is 29.8 Å². The minimum Gasteiger partial charge on any atom is -0.363 e. The number of carbonyl (C=O) groups excluding carboxylic acids is 1. The van der Waals surface area contributed by atoms with Gasteiger partial charge in [-0.25, -0.2) is 18.1 Å². The highest BCUT2D eigenvalue weighted by Gasteiger charge is 2.15. The third kappa shape index (κ3) is 5.01. The first kappa shape index (κ1) is 18.9. The first-order valence-corrected chi connectivity index (χ1v) is 9.32. The summed E-state index contributed by atoms with van der Waals surface area (Å²) in [5.41, 5.74) is 1.15. The molecule has 0 aliphatic carbocycles. The second kappa shape index (κ2) is 8.09. The zero-order chi connectivity index (χ0) is 18.4. The molecule has 1 amide bonds. The van der Waals surface area contributed by atoms with Crippen molar-refractivity contribution in [3.63, 3.8) is 0 Å². The van der Waals surface area contributed by atoms with Gasteiger partial charge in [0.05, 0.1) is 4.90 Å². The highest BCUT2D eigenvalue weighted by molar-refractivity contribution is 7.89. The second-order valence-corrected chi connectivity index (χ2v) is 7.40. The van der Waals surface area contributed by atoms with E-state index in [1.165, 1.54) is 12.1 Å². The fourth-order valence-corrected chi connectivity index (χ4v) is 3.23. The van der Waals surface area contributed by atoms with E-state index in [4.69, 9.17) is 0 Å². The van der Waals surface area contributed by atoms with Crippen LogP contribution in [0.5, 0.6) is 0 Å². The van der Waals surface area contributed by atoms with E-state index in [2.05, 4.69) is 15.0 Å². The van der Waals surface area contributed by atoms with Gasteiger partial charge < -0.3 is 10.2 Å². The predicted octanol–water partition coefficient (Wildman–Crippen LogP) is 1.38. The fourth-order valence-electron chi connectivity index (χ4n) is 2.15. The summed E-state index contributed by atoms with van der Waals surface area (Å²) in [5, 5.41) is 2.77.